The molecule has 2 rings (SSSR count). The first-order valence-corrected chi connectivity index (χ1v) is 11.4. The quantitative estimate of drug-likeness (QED) is 0.309. The summed E-state index contributed by atoms with van der Waals surface area (Å²) in [5.41, 5.74) is 0.659. The maximum Gasteiger partial charge on any atom is 1.00 e. The maximum absolute atomic E-state index is 12.1. The van der Waals surface area contributed by atoms with Crippen molar-refractivity contribution in [3.8, 4) is 17.2 Å². The second-order valence-corrected chi connectivity index (χ2v) is 8.41. The second kappa shape index (κ2) is 13.8. The zero-order valence-electron chi connectivity index (χ0n) is 17.4. The van der Waals surface area contributed by atoms with E-state index in [2.05, 4.69) is 6.92 Å². The molecule has 0 unspecified atom stereocenters. The molecule has 1 N–H and O–H groups in total. The van der Waals surface area contributed by atoms with Crippen LogP contribution >= 0.6 is 0 Å². The summed E-state index contributed by atoms with van der Waals surface area (Å²) in [7, 11) is -4.60. The van der Waals surface area contributed by atoms with E-state index in [0.29, 0.717) is 23.5 Å². The molecule has 0 spiro atoms. The van der Waals surface area contributed by atoms with E-state index in [9.17, 15) is 18.1 Å². The average Bonchev–Trinajstić information content (AvgIpc) is 2.65. The molecule has 154 valence electrons. The number of hydrogen-bond acceptors (Lipinski definition) is 4. The largest absolute Gasteiger partial charge is 1.00 e. The number of rotatable bonds is 12. The minimum atomic E-state index is -4.60. The number of hydrogen-bond donors (Lipinski definition) is 1. The molecule has 0 aliphatic heterocycles. The molecule has 0 bridgehead atoms. The zero-order chi connectivity index (χ0) is 20.4. The zero-order valence-corrected chi connectivity index (χ0v) is 21.3. The smallest absolute Gasteiger partial charge is 0.872 e. The number of aryl methyl sites for hydroxylation is 1. The Morgan fingerprint density at radius 2 is 1.52 bits per heavy atom. The Balaban J connectivity index is 0.00000420. The summed E-state index contributed by atoms with van der Waals surface area (Å²) in [6, 6.07) is 11.3. The minimum absolute atomic E-state index is 0. The van der Waals surface area contributed by atoms with Crippen molar-refractivity contribution in [2.75, 3.05) is 0 Å². The van der Waals surface area contributed by atoms with E-state index in [1.54, 1.807) is 24.3 Å². The molecular formula is C22H29KO5S. The summed E-state index contributed by atoms with van der Waals surface area (Å²) in [6.07, 6.45) is 9.97. The number of para-hydroxylation sites is 1. The van der Waals surface area contributed by atoms with Gasteiger partial charge in [0, 0.05) is 6.07 Å². The molecule has 0 aromatic heterocycles. The van der Waals surface area contributed by atoms with E-state index in [4.69, 9.17) is 4.74 Å². The van der Waals surface area contributed by atoms with Gasteiger partial charge < -0.3 is 9.84 Å². The number of ether oxygens (including phenoxy) is 1. The summed E-state index contributed by atoms with van der Waals surface area (Å²) >= 11 is 0. The van der Waals surface area contributed by atoms with Crippen molar-refractivity contribution in [2.45, 2.75) is 69.6 Å². The molecule has 5 nitrogen and oxygen atoms in total. The monoisotopic (exact) mass is 444 g/mol. The van der Waals surface area contributed by atoms with Crippen molar-refractivity contribution >= 4 is 10.1 Å². The van der Waals surface area contributed by atoms with Crippen molar-refractivity contribution in [1.82, 2.24) is 0 Å². The van der Waals surface area contributed by atoms with E-state index in [0.717, 1.165) is 25.3 Å². The molecular weight excluding hydrogens is 415 g/mol. The summed E-state index contributed by atoms with van der Waals surface area (Å²) in [5, 5.41) is 12.1. The molecule has 0 fully saturated rings. The van der Waals surface area contributed by atoms with Gasteiger partial charge in [0.2, 0.25) is 0 Å². The topological polar surface area (TPSA) is 86.7 Å². The van der Waals surface area contributed by atoms with Gasteiger partial charge in [-0.25, -0.2) is 0 Å². The van der Waals surface area contributed by atoms with E-state index >= 15 is 0 Å². The molecule has 0 heterocycles. The second-order valence-electron chi connectivity index (χ2n) is 7.02. The predicted octanol–water partition coefficient (Wildman–Crippen LogP) is 2.49. The van der Waals surface area contributed by atoms with Crippen LogP contribution in [0.3, 0.4) is 0 Å². The van der Waals surface area contributed by atoms with E-state index < -0.39 is 20.8 Å². The molecule has 2 aromatic rings. The van der Waals surface area contributed by atoms with Gasteiger partial charge in [0.25, 0.3) is 10.1 Å². The Hall–Kier alpha value is -0.414. The van der Waals surface area contributed by atoms with Crippen molar-refractivity contribution in [2.24, 2.45) is 0 Å². The predicted molar refractivity (Wildman–Crippen MR) is 109 cm³/mol. The summed E-state index contributed by atoms with van der Waals surface area (Å²) in [6.45, 7) is 2.20. The molecule has 7 heteroatoms. The van der Waals surface area contributed by atoms with Crippen LogP contribution in [0, 0.1) is 0 Å². The third kappa shape index (κ3) is 9.51. The fraction of sp³-hybridized carbons (Fsp3) is 0.455. The molecule has 29 heavy (non-hydrogen) atoms. The Labute approximate surface area is 217 Å². The van der Waals surface area contributed by atoms with Gasteiger partial charge in [-0.1, -0.05) is 81.9 Å². The Kier molecular flexibility index (Phi) is 12.7. The van der Waals surface area contributed by atoms with E-state index in [-0.39, 0.29) is 51.4 Å². The molecule has 0 atom stereocenters. The molecule has 0 saturated carbocycles. The Bertz CT molecular complexity index is 838. The average molecular weight is 445 g/mol. The van der Waals surface area contributed by atoms with Crippen molar-refractivity contribution in [3.63, 3.8) is 0 Å². The normalized spacial score (nSPS) is 11.1. The van der Waals surface area contributed by atoms with Crippen molar-refractivity contribution in [1.29, 1.82) is 0 Å². The van der Waals surface area contributed by atoms with Crippen LogP contribution in [0.25, 0.3) is 0 Å². The van der Waals surface area contributed by atoms with Crippen LogP contribution in [0.5, 0.6) is 17.2 Å². The third-order valence-corrected chi connectivity index (χ3v) is 5.55. The maximum atomic E-state index is 12.1. The van der Waals surface area contributed by atoms with Gasteiger partial charge in [0.05, 0.1) is 4.90 Å². The molecule has 0 aliphatic rings. The van der Waals surface area contributed by atoms with Gasteiger partial charge in [0.15, 0.2) is 0 Å². The summed E-state index contributed by atoms with van der Waals surface area (Å²) < 4.78 is 38.1. The number of unbranched alkanes of at least 4 members (excludes halogenated alkanes) is 7. The van der Waals surface area contributed by atoms with Crippen molar-refractivity contribution in [3.05, 3.63) is 48.0 Å². The first-order chi connectivity index (χ1) is 13.4. The van der Waals surface area contributed by atoms with E-state index in [1.165, 1.54) is 38.2 Å². The van der Waals surface area contributed by atoms with Crippen molar-refractivity contribution < 1.29 is 74.2 Å². The van der Waals surface area contributed by atoms with Gasteiger partial charge in [-0.15, -0.1) is 0 Å². The van der Waals surface area contributed by atoms with Gasteiger partial charge >= 0.3 is 51.4 Å². The molecule has 0 aliphatic carbocycles. The fourth-order valence-corrected chi connectivity index (χ4v) is 3.71. The Morgan fingerprint density at radius 1 is 0.931 bits per heavy atom. The standard InChI is InChI=1S/C22H30O5S.K/c1-2-3-4-5-6-7-8-10-13-18-16-20(23)22(28(24,25)26)17-21(18)27-19-14-11-9-12-15-19;/h9,11-12,14-17,23H,2-8,10,13H2,1H3,(H,24,25,26);/q;+1/p-1. The minimum Gasteiger partial charge on any atom is -0.872 e. The number of benzene rings is 2. The third-order valence-electron chi connectivity index (χ3n) is 4.68. The summed E-state index contributed by atoms with van der Waals surface area (Å²) in [4.78, 5) is -0.655. The first-order valence-electron chi connectivity index (χ1n) is 9.96. The van der Waals surface area contributed by atoms with Gasteiger partial charge in [-0.2, -0.15) is 8.42 Å². The van der Waals surface area contributed by atoms with Crippen LogP contribution in [0.1, 0.15) is 63.9 Å². The summed E-state index contributed by atoms with van der Waals surface area (Å²) in [5.74, 6) is 0.124. The SMILES string of the molecule is CCCCCCCCCCc1cc([O-])c(S(=O)(=O)O)cc1Oc1ccccc1.[K+]. The first kappa shape index (κ1) is 26.6. The molecule has 2 aromatic carbocycles. The van der Waals surface area contributed by atoms with E-state index in [1.807, 2.05) is 6.07 Å². The molecule has 0 saturated heterocycles. The van der Waals surface area contributed by atoms with Crippen LogP contribution in [0.2, 0.25) is 0 Å². The van der Waals surface area contributed by atoms with Gasteiger partial charge in [-0.3, -0.25) is 4.55 Å². The van der Waals surface area contributed by atoms with Gasteiger partial charge in [-0.05, 0) is 30.5 Å². The van der Waals surface area contributed by atoms with Gasteiger partial charge in [0.1, 0.15) is 11.5 Å². The van der Waals surface area contributed by atoms with Crippen LogP contribution in [-0.4, -0.2) is 13.0 Å². The van der Waals surface area contributed by atoms with Crippen LogP contribution in [-0.2, 0) is 16.5 Å². The Morgan fingerprint density at radius 3 is 2.10 bits per heavy atom. The van der Waals surface area contributed by atoms with Crippen LogP contribution < -0.4 is 61.2 Å². The van der Waals surface area contributed by atoms with Crippen LogP contribution in [0.4, 0.5) is 0 Å². The molecule has 0 amide bonds. The van der Waals surface area contributed by atoms with Crippen LogP contribution in [0.15, 0.2) is 47.4 Å². The fourth-order valence-electron chi connectivity index (χ4n) is 3.14. The molecule has 0 radical (unpaired) electrons.